The van der Waals surface area contributed by atoms with Gasteiger partial charge in [-0.25, -0.2) is 0 Å². The first-order chi connectivity index (χ1) is 12.9. The van der Waals surface area contributed by atoms with E-state index in [1.807, 2.05) is 0 Å². The molecule has 0 N–H and O–H groups in total. The molecule has 0 unspecified atom stereocenters. The molecule has 0 aliphatic heterocycles. The van der Waals surface area contributed by atoms with Gasteiger partial charge in [0.05, 0.1) is 0 Å². The summed E-state index contributed by atoms with van der Waals surface area (Å²) in [5, 5.41) is 0. The molecule has 0 radical (unpaired) electrons. The van der Waals surface area contributed by atoms with Crippen molar-refractivity contribution < 1.29 is 2.74 Å². The van der Waals surface area contributed by atoms with Crippen LogP contribution >= 0.6 is 0 Å². The van der Waals surface area contributed by atoms with Crippen molar-refractivity contribution in [2.45, 2.75) is 155 Å². The van der Waals surface area contributed by atoms with Crippen LogP contribution in [0.1, 0.15) is 158 Å². The molecule has 0 rings (SSSR count). The highest BCUT2D eigenvalue weighted by atomic mass is 14.0. The van der Waals surface area contributed by atoms with E-state index in [0.717, 1.165) is 12.8 Å². The second-order valence-electron chi connectivity index (χ2n) is 7.78. The van der Waals surface area contributed by atoms with Gasteiger partial charge in [-0.15, -0.1) is 0 Å². The Hall–Kier alpha value is 0. The van der Waals surface area contributed by atoms with E-state index < -0.39 is 0 Å². The molecule has 0 nitrogen and oxygen atoms in total. The van der Waals surface area contributed by atoms with Gasteiger partial charge in [0.1, 0.15) is 0 Å². The summed E-state index contributed by atoms with van der Waals surface area (Å²) >= 11 is 0. The lowest BCUT2D eigenvalue weighted by Gasteiger charge is -2.04. The highest BCUT2D eigenvalue weighted by Gasteiger charge is 1.95. The van der Waals surface area contributed by atoms with Crippen LogP contribution < -0.4 is 0 Å². The number of rotatable bonds is 21. The van der Waals surface area contributed by atoms with Gasteiger partial charge in [-0.05, 0) is 0 Å². The van der Waals surface area contributed by atoms with Gasteiger partial charge in [-0.3, -0.25) is 0 Å². The molecule has 0 fully saturated rings. The molecule has 0 aromatic heterocycles. The van der Waals surface area contributed by atoms with Crippen molar-refractivity contribution in [1.82, 2.24) is 0 Å². The van der Waals surface area contributed by atoms with Crippen LogP contribution in [-0.2, 0) is 0 Å². The van der Waals surface area contributed by atoms with Crippen molar-refractivity contribution in [2.24, 2.45) is 0 Å². The zero-order chi connectivity index (χ0) is 19.0. The zero-order valence-corrected chi connectivity index (χ0v) is 17.0. The summed E-state index contributed by atoms with van der Waals surface area (Å²) < 4.78 is 14.2. The Morgan fingerprint density at radius 1 is 0.292 bits per heavy atom. The van der Waals surface area contributed by atoms with Crippen molar-refractivity contribution in [3.8, 4) is 0 Å². The Bertz CT molecular complexity index is 206. The van der Waals surface area contributed by atoms with E-state index in [-0.39, 0.29) is 0 Å². The maximum Gasteiger partial charge on any atom is 0.0230 e. The van der Waals surface area contributed by atoms with E-state index in [1.165, 1.54) is 128 Å². The topological polar surface area (TPSA) is 0 Å². The second-order valence-corrected chi connectivity index (χ2v) is 7.78. The van der Waals surface area contributed by atoms with Crippen molar-refractivity contribution in [1.29, 1.82) is 0 Å². The molecule has 0 aliphatic rings. The van der Waals surface area contributed by atoms with Gasteiger partial charge >= 0.3 is 0 Å². The number of hydrogen-bond donors (Lipinski definition) is 0. The fourth-order valence-corrected chi connectivity index (χ4v) is 3.54. The van der Waals surface area contributed by atoms with Crippen LogP contribution in [-0.4, -0.2) is 0 Å². The Labute approximate surface area is 158 Å². The molecule has 24 heavy (non-hydrogen) atoms. The summed E-state index contributed by atoms with van der Waals surface area (Å²) in [7, 11) is 0. The highest BCUT2D eigenvalue weighted by molar-refractivity contribution is 4.50. The molecule has 0 saturated heterocycles. The average molecular weight is 343 g/mol. The third kappa shape index (κ3) is 22.0. The van der Waals surface area contributed by atoms with Crippen LogP contribution in [0.2, 0.25) is 0 Å². The summed E-state index contributed by atoms with van der Waals surface area (Å²) in [6, 6.07) is 0. The lowest BCUT2D eigenvalue weighted by atomic mass is 10.0. The Morgan fingerprint density at radius 3 is 0.625 bits per heavy atom. The lowest BCUT2D eigenvalue weighted by Crippen LogP contribution is -1.84. The number of hydrogen-bond acceptors (Lipinski definition) is 0. The molecule has 0 amide bonds. The van der Waals surface area contributed by atoms with E-state index in [1.54, 1.807) is 0 Å². The van der Waals surface area contributed by atoms with Gasteiger partial charge in [0.25, 0.3) is 0 Å². The van der Waals surface area contributed by atoms with Crippen LogP contribution in [0.3, 0.4) is 0 Å². The fraction of sp³-hybridized carbons (Fsp3) is 1.00. The summed E-state index contributed by atoms with van der Waals surface area (Å²) in [6.07, 6.45) is 30.5. The van der Waals surface area contributed by atoms with Crippen LogP contribution in [0.25, 0.3) is 0 Å². The largest absolute Gasteiger partial charge is 0.0654 e. The molecule has 0 aromatic carbocycles. The predicted molar refractivity (Wildman–Crippen MR) is 113 cm³/mol. The number of unbranched alkanes of at least 4 members (excludes halogenated alkanes) is 21. The summed E-state index contributed by atoms with van der Waals surface area (Å²) in [6.45, 7) is 1.24. The molecular formula is C24H50. The first-order valence-electron chi connectivity index (χ1n) is 12.9. The second kappa shape index (κ2) is 23.0. The summed E-state index contributed by atoms with van der Waals surface area (Å²) in [5.41, 5.74) is 0. The molecule has 0 heterocycles. The van der Waals surface area contributed by atoms with Crippen LogP contribution in [0.4, 0.5) is 0 Å². The minimum Gasteiger partial charge on any atom is -0.0654 e. The van der Waals surface area contributed by atoms with Crippen LogP contribution in [0, 0.1) is 0 Å². The quantitative estimate of drug-likeness (QED) is 0.182. The van der Waals surface area contributed by atoms with E-state index in [4.69, 9.17) is 2.74 Å². The first-order valence-corrected chi connectivity index (χ1v) is 11.5. The molecule has 0 heteroatoms. The fourth-order valence-electron chi connectivity index (χ4n) is 3.54. The monoisotopic (exact) mass is 342 g/mol. The molecule has 0 bridgehead atoms. The van der Waals surface area contributed by atoms with Crippen molar-refractivity contribution in [3.05, 3.63) is 0 Å². The van der Waals surface area contributed by atoms with Gasteiger partial charge in [0.2, 0.25) is 0 Å². The zero-order valence-electron chi connectivity index (χ0n) is 19.0. The van der Waals surface area contributed by atoms with E-state index >= 15 is 0 Å². The molecule has 146 valence electrons. The van der Waals surface area contributed by atoms with E-state index in [0.29, 0.717) is 13.8 Å². The predicted octanol–water partition coefficient (Wildman–Crippen LogP) is 9.61. The molecule has 0 saturated carbocycles. The molecule has 0 aliphatic carbocycles. The first kappa shape index (κ1) is 20.3. The third-order valence-electron chi connectivity index (χ3n) is 5.25. The third-order valence-corrected chi connectivity index (χ3v) is 5.25. The van der Waals surface area contributed by atoms with E-state index in [2.05, 4.69) is 0 Å². The Balaban J connectivity index is 2.95. The minimum absolute atomic E-state index is 0.619. The molecule has 0 atom stereocenters. The normalized spacial score (nSPS) is 12.3. The Kier molecular flexibility index (Phi) is 19.5. The summed E-state index contributed by atoms with van der Waals surface area (Å²) in [5.74, 6) is 0. The Morgan fingerprint density at radius 2 is 0.458 bits per heavy atom. The van der Waals surface area contributed by atoms with Crippen molar-refractivity contribution in [3.63, 3.8) is 0 Å². The van der Waals surface area contributed by atoms with Crippen LogP contribution in [0.15, 0.2) is 0 Å². The summed E-state index contributed by atoms with van der Waals surface area (Å²) in [4.78, 5) is 0. The van der Waals surface area contributed by atoms with Gasteiger partial charge in [0, 0.05) is 2.74 Å². The van der Waals surface area contributed by atoms with Gasteiger partial charge in [-0.1, -0.05) is 155 Å². The van der Waals surface area contributed by atoms with Crippen LogP contribution in [0.5, 0.6) is 0 Å². The molecule has 0 spiro atoms. The maximum absolute atomic E-state index is 7.12. The van der Waals surface area contributed by atoms with Gasteiger partial charge < -0.3 is 0 Å². The van der Waals surface area contributed by atoms with Crippen molar-refractivity contribution >= 4 is 0 Å². The molecule has 0 aromatic rings. The minimum atomic E-state index is 0.619. The standard InChI is InChI=1S/C24H50/c1-3-5-7-9-11-13-15-17-19-21-23-24-22-20-18-16-14-12-10-8-6-4-2/h3-24H2,1-2H3/i1T,2T. The maximum atomic E-state index is 7.12. The SMILES string of the molecule is [3H]CCCCCCCCCCCCCCCCCCCCCCCC[3H]. The van der Waals surface area contributed by atoms with Crippen molar-refractivity contribution in [2.75, 3.05) is 0 Å². The average Bonchev–Trinajstić information content (AvgIpc) is 2.66. The van der Waals surface area contributed by atoms with E-state index in [9.17, 15) is 0 Å². The van der Waals surface area contributed by atoms with Gasteiger partial charge in [0.15, 0.2) is 0 Å². The van der Waals surface area contributed by atoms with Gasteiger partial charge in [-0.2, -0.15) is 0 Å². The smallest absolute Gasteiger partial charge is 0.0230 e. The molecular weight excluding hydrogens is 288 g/mol. The lowest BCUT2D eigenvalue weighted by molar-refractivity contribution is 0.520. The highest BCUT2D eigenvalue weighted by Crippen LogP contribution is 2.15.